The Labute approximate surface area is 178 Å². The molecule has 162 valence electrons. The molecule has 1 saturated heterocycles. The third-order valence-corrected chi connectivity index (χ3v) is 7.16. The van der Waals surface area contributed by atoms with Gasteiger partial charge in [-0.15, -0.1) is 0 Å². The third kappa shape index (κ3) is 4.70. The molecule has 8 heteroatoms. The molecule has 30 heavy (non-hydrogen) atoms. The minimum absolute atomic E-state index is 0.165. The fourth-order valence-corrected chi connectivity index (χ4v) is 5.23. The summed E-state index contributed by atoms with van der Waals surface area (Å²) in [6.45, 7) is 2.47. The number of hydrogen-bond donors (Lipinski definition) is 1. The van der Waals surface area contributed by atoms with Crippen molar-refractivity contribution in [3.8, 4) is 11.5 Å². The molecular formula is C22H28N2O5S. The smallest absolute Gasteiger partial charge is 0.251 e. The standard InChI is InChI=1S/C22H28N2O5S/c1-4-19(17-9-12-20(28-2)21(15-17)29-3)23-22(25)16-7-10-18(11-8-16)24-13-5-6-14-30(24,26)27/h7-12,15,19H,4-6,13-14H2,1-3H3,(H,23,25). The lowest BCUT2D eigenvalue weighted by Gasteiger charge is -2.28. The summed E-state index contributed by atoms with van der Waals surface area (Å²) in [5, 5.41) is 3.04. The van der Waals surface area contributed by atoms with Crippen LogP contribution in [0.2, 0.25) is 0 Å². The van der Waals surface area contributed by atoms with E-state index in [0.717, 1.165) is 12.0 Å². The highest BCUT2D eigenvalue weighted by molar-refractivity contribution is 7.92. The van der Waals surface area contributed by atoms with E-state index in [1.165, 1.54) is 4.31 Å². The van der Waals surface area contributed by atoms with Crippen molar-refractivity contribution in [2.45, 2.75) is 32.2 Å². The molecule has 0 bridgehead atoms. The highest BCUT2D eigenvalue weighted by Gasteiger charge is 2.26. The molecule has 7 nitrogen and oxygen atoms in total. The van der Waals surface area contributed by atoms with Crippen LogP contribution in [0.3, 0.4) is 0 Å². The Morgan fingerprint density at radius 3 is 2.37 bits per heavy atom. The fraction of sp³-hybridized carbons (Fsp3) is 0.409. The number of rotatable bonds is 7. The summed E-state index contributed by atoms with van der Waals surface area (Å²) in [6, 6.07) is 12.1. The fourth-order valence-electron chi connectivity index (χ4n) is 3.59. The SMILES string of the molecule is CCC(NC(=O)c1ccc(N2CCCCS2(=O)=O)cc1)c1ccc(OC)c(OC)c1. The lowest BCUT2D eigenvalue weighted by molar-refractivity contribution is 0.0935. The number of anilines is 1. The molecule has 1 heterocycles. The number of benzene rings is 2. The first-order valence-corrected chi connectivity index (χ1v) is 11.6. The van der Waals surface area contributed by atoms with Crippen molar-refractivity contribution >= 4 is 21.6 Å². The summed E-state index contributed by atoms with van der Waals surface area (Å²) in [5.74, 6) is 1.18. The van der Waals surface area contributed by atoms with Gasteiger partial charge in [0.2, 0.25) is 10.0 Å². The second-order valence-corrected chi connectivity index (χ2v) is 9.20. The molecule has 0 spiro atoms. The van der Waals surface area contributed by atoms with Crippen LogP contribution in [0.25, 0.3) is 0 Å². The van der Waals surface area contributed by atoms with Crippen LogP contribution >= 0.6 is 0 Å². The summed E-state index contributed by atoms with van der Waals surface area (Å²) in [4.78, 5) is 12.8. The van der Waals surface area contributed by atoms with Crippen molar-refractivity contribution in [2.24, 2.45) is 0 Å². The number of ether oxygens (including phenoxy) is 2. The van der Waals surface area contributed by atoms with Crippen LogP contribution in [0, 0.1) is 0 Å². The van der Waals surface area contributed by atoms with Crippen molar-refractivity contribution in [1.82, 2.24) is 5.32 Å². The first kappa shape index (κ1) is 22.0. The molecule has 1 aliphatic rings. The number of nitrogens with zero attached hydrogens (tertiary/aromatic N) is 1. The summed E-state index contributed by atoms with van der Waals surface area (Å²) in [7, 11) is -0.117. The van der Waals surface area contributed by atoms with Gasteiger partial charge in [-0.25, -0.2) is 8.42 Å². The Kier molecular flexibility index (Phi) is 6.87. The van der Waals surface area contributed by atoms with E-state index in [1.807, 2.05) is 25.1 Å². The zero-order valence-electron chi connectivity index (χ0n) is 17.6. The van der Waals surface area contributed by atoms with Gasteiger partial charge in [0.05, 0.1) is 31.7 Å². The molecule has 1 aliphatic heterocycles. The van der Waals surface area contributed by atoms with Crippen molar-refractivity contribution in [1.29, 1.82) is 0 Å². The third-order valence-electron chi connectivity index (χ3n) is 5.29. The highest BCUT2D eigenvalue weighted by Crippen LogP contribution is 2.31. The van der Waals surface area contributed by atoms with Gasteiger partial charge in [-0.1, -0.05) is 13.0 Å². The van der Waals surface area contributed by atoms with Gasteiger partial charge < -0.3 is 14.8 Å². The maximum absolute atomic E-state index is 12.8. The molecule has 2 aromatic carbocycles. The maximum Gasteiger partial charge on any atom is 0.251 e. The topological polar surface area (TPSA) is 84.9 Å². The van der Waals surface area contributed by atoms with Gasteiger partial charge in [0.15, 0.2) is 11.5 Å². The summed E-state index contributed by atoms with van der Waals surface area (Å²) >= 11 is 0. The van der Waals surface area contributed by atoms with E-state index in [0.29, 0.717) is 42.1 Å². The Morgan fingerprint density at radius 2 is 1.77 bits per heavy atom. The van der Waals surface area contributed by atoms with Crippen LogP contribution in [-0.4, -0.2) is 40.8 Å². The second-order valence-electron chi connectivity index (χ2n) is 7.19. The van der Waals surface area contributed by atoms with Crippen LogP contribution in [0.1, 0.15) is 48.1 Å². The maximum atomic E-state index is 12.8. The van der Waals surface area contributed by atoms with Crippen LogP contribution in [0.4, 0.5) is 5.69 Å². The summed E-state index contributed by atoms with van der Waals surface area (Å²) in [5.41, 5.74) is 1.99. The van der Waals surface area contributed by atoms with Crippen LogP contribution in [0.15, 0.2) is 42.5 Å². The molecular weight excluding hydrogens is 404 g/mol. The van der Waals surface area contributed by atoms with E-state index in [2.05, 4.69) is 5.32 Å². The van der Waals surface area contributed by atoms with Crippen molar-refractivity contribution in [3.05, 3.63) is 53.6 Å². The number of nitrogens with one attached hydrogen (secondary N) is 1. The molecule has 0 aromatic heterocycles. The van der Waals surface area contributed by atoms with Crippen molar-refractivity contribution in [3.63, 3.8) is 0 Å². The molecule has 0 radical (unpaired) electrons. The Balaban J connectivity index is 1.74. The van der Waals surface area contributed by atoms with Crippen LogP contribution in [0.5, 0.6) is 11.5 Å². The van der Waals surface area contributed by atoms with Crippen LogP contribution in [-0.2, 0) is 10.0 Å². The molecule has 0 aliphatic carbocycles. The van der Waals surface area contributed by atoms with Gasteiger partial charge >= 0.3 is 0 Å². The highest BCUT2D eigenvalue weighted by atomic mass is 32.2. The molecule has 1 atom stereocenters. The molecule has 3 rings (SSSR count). The van der Waals surface area contributed by atoms with E-state index >= 15 is 0 Å². The van der Waals surface area contributed by atoms with E-state index in [-0.39, 0.29) is 17.7 Å². The van der Waals surface area contributed by atoms with Crippen LogP contribution < -0.4 is 19.1 Å². The zero-order valence-corrected chi connectivity index (χ0v) is 18.4. The lowest BCUT2D eigenvalue weighted by atomic mass is 10.0. The predicted octanol–water partition coefficient (Wildman–Crippen LogP) is 3.51. The lowest BCUT2D eigenvalue weighted by Crippen LogP contribution is -2.37. The van der Waals surface area contributed by atoms with Gasteiger partial charge in [0, 0.05) is 12.1 Å². The number of sulfonamides is 1. The molecule has 1 fully saturated rings. The van der Waals surface area contributed by atoms with E-state index in [9.17, 15) is 13.2 Å². The first-order chi connectivity index (χ1) is 14.4. The van der Waals surface area contributed by atoms with Gasteiger partial charge in [-0.05, 0) is 61.2 Å². The van der Waals surface area contributed by atoms with E-state index < -0.39 is 10.0 Å². The molecule has 1 N–H and O–H groups in total. The van der Waals surface area contributed by atoms with Gasteiger partial charge in [0.1, 0.15) is 0 Å². The Morgan fingerprint density at radius 1 is 1.07 bits per heavy atom. The average Bonchev–Trinajstić information content (AvgIpc) is 2.76. The minimum atomic E-state index is -3.27. The zero-order chi connectivity index (χ0) is 21.7. The van der Waals surface area contributed by atoms with Crippen molar-refractivity contribution in [2.75, 3.05) is 30.8 Å². The molecule has 1 amide bonds. The monoisotopic (exact) mass is 432 g/mol. The number of amides is 1. The van der Waals surface area contributed by atoms with E-state index in [4.69, 9.17) is 9.47 Å². The summed E-state index contributed by atoms with van der Waals surface area (Å²) < 4.78 is 36.6. The molecule has 2 aromatic rings. The van der Waals surface area contributed by atoms with E-state index in [1.54, 1.807) is 38.5 Å². The normalized spacial score (nSPS) is 16.6. The van der Waals surface area contributed by atoms with Gasteiger partial charge in [-0.3, -0.25) is 9.10 Å². The van der Waals surface area contributed by atoms with Gasteiger partial charge in [0.25, 0.3) is 5.91 Å². The molecule has 0 saturated carbocycles. The first-order valence-electron chi connectivity index (χ1n) is 10.0. The Hall–Kier alpha value is -2.74. The van der Waals surface area contributed by atoms with Gasteiger partial charge in [-0.2, -0.15) is 0 Å². The predicted molar refractivity (Wildman–Crippen MR) is 117 cm³/mol. The second kappa shape index (κ2) is 9.38. The number of methoxy groups -OCH3 is 2. The number of hydrogen-bond acceptors (Lipinski definition) is 5. The van der Waals surface area contributed by atoms with Crippen molar-refractivity contribution < 1.29 is 22.7 Å². The number of carbonyl (C=O) groups excluding carboxylic acids is 1. The number of carbonyl (C=O) groups is 1. The molecule has 1 unspecified atom stereocenters. The Bertz CT molecular complexity index is 989. The minimum Gasteiger partial charge on any atom is -0.493 e. The summed E-state index contributed by atoms with van der Waals surface area (Å²) in [6.07, 6.45) is 2.23. The quantitative estimate of drug-likeness (QED) is 0.724. The largest absolute Gasteiger partial charge is 0.493 e. The average molecular weight is 433 g/mol.